The average Bonchev–Trinajstić information content (AvgIpc) is 2.77. The molecule has 0 rings (SSSR count). The fraction of sp³-hybridized carbons (Fsp3) is 0.760. The monoisotopic (exact) mass is 530 g/mol. The second-order valence-corrected chi connectivity index (χ2v) is 10.7. The first-order valence-corrected chi connectivity index (χ1v) is 13.5. The lowest BCUT2D eigenvalue weighted by atomic mass is 10.1. The van der Waals surface area contributed by atoms with Crippen molar-refractivity contribution in [3.8, 4) is 0 Å². The fourth-order valence-corrected chi connectivity index (χ4v) is 3.52. The van der Waals surface area contributed by atoms with E-state index in [2.05, 4.69) is 29.8 Å². The van der Waals surface area contributed by atoms with Crippen LogP contribution in [0.4, 0.5) is 0 Å². The number of ketones is 1. The number of esters is 1. The maximum Gasteiger partial charge on any atom is 0.325 e. The predicted octanol–water partition coefficient (Wildman–Crippen LogP) is 2.63. The summed E-state index contributed by atoms with van der Waals surface area (Å²) in [5, 5.41) is 14.3. The molecule has 0 aromatic carbocycles. The third-order valence-electron chi connectivity index (χ3n) is 4.20. The van der Waals surface area contributed by atoms with E-state index in [1.54, 1.807) is 39.5 Å². The molecule has 4 N–H and O–H groups in total. The molecule has 0 saturated heterocycles. The van der Waals surface area contributed by atoms with Crippen LogP contribution in [0.25, 0.3) is 0 Å². The van der Waals surface area contributed by atoms with Crippen LogP contribution in [-0.4, -0.2) is 71.9 Å². The highest BCUT2D eigenvalue weighted by molar-refractivity contribution is 7.99. The van der Waals surface area contributed by atoms with E-state index in [-0.39, 0.29) is 24.1 Å². The summed E-state index contributed by atoms with van der Waals surface area (Å²) in [6.07, 6.45) is 3.54. The first-order valence-electron chi connectivity index (χ1n) is 12.4. The first-order chi connectivity index (χ1) is 16.7. The maximum atomic E-state index is 12.3. The van der Waals surface area contributed by atoms with Crippen LogP contribution in [0.2, 0.25) is 0 Å². The normalized spacial score (nSPS) is 11.4. The first kappa shape index (κ1) is 35.7. The van der Waals surface area contributed by atoms with E-state index < -0.39 is 23.5 Å². The van der Waals surface area contributed by atoms with Gasteiger partial charge in [0.15, 0.2) is 5.78 Å². The minimum absolute atomic E-state index is 0.0276. The van der Waals surface area contributed by atoms with E-state index in [9.17, 15) is 24.0 Å². The highest BCUT2D eigenvalue weighted by atomic mass is 32.2. The number of carbonyl (C=O) groups is 5. The lowest BCUT2D eigenvalue weighted by Gasteiger charge is -2.21. The summed E-state index contributed by atoms with van der Waals surface area (Å²) in [6, 6.07) is -0.729. The molecule has 1 atom stereocenters. The topological polar surface area (TPSA) is 155 Å². The summed E-state index contributed by atoms with van der Waals surface area (Å²) in [5.41, 5.74) is -0.629. The number of amides is 3. The Hall–Kier alpha value is -2.43. The lowest BCUT2D eigenvalue weighted by molar-refractivity contribution is -0.154. The third kappa shape index (κ3) is 24.7. The number of hydrogen-bond acceptors (Lipinski definition) is 8. The van der Waals surface area contributed by atoms with Gasteiger partial charge in [0.1, 0.15) is 18.2 Å². The molecule has 0 aliphatic carbocycles. The van der Waals surface area contributed by atoms with Crippen molar-refractivity contribution < 1.29 is 28.7 Å². The van der Waals surface area contributed by atoms with E-state index in [0.717, 1.165) is 17.7 Å². The van der Waals surface area contributed by atoms with Crippen molar-refractivity contribution in [2.45, 2.75) is 92.2 Å². The average molecular weight is 531 g/mol. The van der Waals surface area contributed by atoms with E-state index in [1.165, 1.54) is 6.92 Å². The molecule has 0 radical (unpaired) electrons. The Morgan fingerprint density at radius 1 is 1.06 bits per heavy atom. The zero-order valence-corrected chi connectivity index (χ0v) is 23.8. The summed E-state index contributed by atoms with van der Waals surface area (Å²) in [7, 11) is 0. The molecule has 0 heterocycles. The number of rotatable bonds is 16. The summed E-state index contributed by atoms with van der Waals surface area (Å²) in [5.74, 6) is 1.11. The summed E-state index contributed by atoms with van der Waals surface area (Å²) >= 11 is 1.78. The fourth-order valence-electron chi connectivity index (χ4n) is 2.55. The van der Waals surface area contributed by atoms with Crippen molar-refractivity contribution in [2.75, 3.05) is 24.6 Å². The molecular weight excluding hydrogens is 484 g/mol. The Labute approximate surface area is 220 Å². The highest BCUT2D eigenvalue weighted by Gasteiger charge is 2.21. The van der Waals surface area contributed by atoms with Crippen LogP contribution in [-0.2, 0) is 28.7 Å². The third-order valence-corrected chi connectivity index (χ3v) is 5.59. The standard InChI is InChI=1S/C21H39N3O5S.C4H7NO/c1-15(2)14-30-12-10-18(26)22-11-8-7-9-17(24-16(3)25)20(28)23-13-19(27)29-21(4,5)6;1-2-4(6)3-5/h15,17H,7-14H2,1-6H3,(H,22,26)(H,23,28)(H,24,25);3,5H,2H2,1H3. The second kappa shape index (κ2) is 20.7. The van der Waals surface area contributed by atoms with Crippen LogP contribution < -0.4 is 16.0 Å². The van der Waals surface area contributed by atoms with Gasteiger partial charge in [-0.3, -0.25) is 24.0 Å². The summed E-state index contributed by atoms with van der Waals surface area (Å²) in [4.78, 5) is 57.2. The minimum Gasteiger partial charge on any atom is -0.459 e. The van der Waals surface area contributed by atoms with Gasteiger partial charge in [-0.05, 0) is 51.7 Å². The number of unbranched alkanes of at least 4 members (excludes halogenated alkanes) is 1. The summed E-state index contributed by atoms with van der Waals surface area (Å²) < 4.78 is 5.15. The molecule has 0 spiro atoms. The molecular formula is C25H46N4O6S. The van der Waals surface area contributed by atoms with Crippen molar-refractivity contribution in [2.24, 2.45) is 5.92 Å². The molecule has 208 valence electrons. The van der Waals surface area contributed by atoms with Gasteiger partial charge < -0.3 is 26.1 Å². The van der Waals surface area contributed by atoms with E-state index in [4.69, 9.17) is 10.1 Å². The molecule has 36 heavy (non-hydrogen) atoms. The van der Waals surface area contributed by atoms with Crippen molar-refractivity contribution in [1.82, 2.24) is 16.0 Å². The predicted molar refractivity (Wildman–Crippen MR) is 144 cm³/mol. The Morgan fingerprint density at radius 3 is 2.17 bits per heavy atom. The lowest BCUT2D eigenvalue weighted by Crippen LogP contribution is -2.47. The zero-order chi connectivity index (χ0) is 28.1. The smallest absolute Gasteiger partial charge is 0.325 e. The quantitative estimate of drug-likeness (QED) is 0.136. The van der Waals surface area contributed by atoms with E-state index in [0.29, 0.717) is 44.6 Å². The van der Waals surface area contributed by atoms with Gasteiger partial charge in [-0.15, -0.1) is 0 Å². The SMILES string of the molecule is CC(=O)NC(CCCCNC(=O)CCSCC(C)C)C(=O)NCC(=O)OC(C)(C)C.CCC(=O)C=N. The van der Waals surface area contributed by atoms with Gasteiger partial charge in [-0.25, -0.2) is 0 Å². The Balaban J connectivity index is 0. The van der Waals surface area contributed by atoms with Gasteiger partial charge in [0, 0.05) is 32.1 Å². The van der Waals surface area contributed by atoms with Gasteiger partial charge in [0.25, 0.3) is 0 Å². The van der Waals surface area contributed by atoms with Gasteiger partial charge in [-0.2, -0.15) is 11.8 Å². The molecule has 10 nitrogen and oxygen atoms in total. The molecule has 0 aliphatic heterocycles. The Bertz CT molecular complexity index is 707. The van der Waals surface area contributed by atoms with Gasteiger partial charge in [0.05, 0.1) is 6.21 Å². The van der Waals surface area contributed by atoms with E-state index in [1.807, 2.05) is 0 Å². The number of hydrogen-bond donors (Lipinski definition) is 4. The number of thioether (sulfide) groups is 1. The van der Waals surface area contributed by atoms with Gasteiger partial charge in [-0.1, -0.05) is 20.8 Å². The van der Waals surface area contributed by atoms with Crippen LogP contribution >= 0.6 is 11.8 Å². The van der Waals surface area contributed by atoms with Crippen LogP contribution in [0.5, 0.6) is 0 Å². The molecule has 0 aromatic rings. The van der Waals surface area contributed by atoms with Crippen LogP contribution in [0.15, 0.2) is 0 Å². The van der Waals surface area contributed by atoms with Crippen molar-refractivity contribution >= 4 is 47.5 Å². The summed E-state index contributed by atoms with van der Waals surface area (Å²) in [6.45, 7) is 12.9. The van der Waals surface area contributed by atoms with Crippen LogP contribution in [0, 0.1) is 11.3 Å². The molecule has 3 amide bonds. The Kier molecular flexibility index (Phi) is 20.6. The van der Waals surface area contributed by atoms with E-state index >= 15 is 0 Å². The van der Waals surface area contributed by atoms with Crippen molar-refractivity contribution in [1.29, 1.82) is 5.41 Å². The molecule has 0 fully saturated rings. The second-order valence-electron chi connectivity index (χ2n) is 9.59. The van der Waals surface area contributed by atoms with Crippen molar-refractivity contribution in [3.63, 3.8) is 0 Å². The molecule has 0 aliphatic rings. The number of Topliss-reactive ketones (excluding diaryl/α,β-unsaturated/α-hetero) is 1. The number of nitrogens with one attached hydrogen (secondary N) is 4. The molecule has 11 heteroatoms. The largest absolute Gasteiger partial charge is 0.459 e. The Morgan fingerprint density at radius 2 is 1.69 bits per heavy atom. The maximum absolute atomic E-state index is 12.3. The zero-order valence-electron chi connectivity index (χ0n) is 23.0. The van der Waals surface area contributed by atoms with Crippen LogP contribution in [0.1, 0.15) is 80.6 Å². The molecule has 0 bridgehead atoms. The van der Waals surface area contributed by atoms with Gasteiger partial charge >= 0.3 is 5.97 Å². The molecule has 0 saturated carbocycles. The molecule has 1 unspecified atom stereocenters. The number of ether oxygens (including phenoxy) is 1. The minimum atomic E-state index is -0.729. The van der Waals surface area contributed by atoms with Gasteiger partial charge in [0.2, 0.25) is 17.7 Å². The highest BCUT2D eigenvalue weighted by Crippen LogP contribution is 2.09. The van der Waals surface area contributed by atoms with Crippen LogP contribution in [0.3, 0.4) is 0 Å². The number of carbonyl (C=O) groups excluding carboxylic acids is 5. The van der Waals surface area contributed by atoms with Crippen molar-refractivity contribution in [3.05, 3.63) is 0 Å². The molecule has 0 aromatic heterocycles.